The average Bonchev–Trinajstić information content (AvgIpc) is 2.61. The van der Waals surface area contributed by atoms with E-state index in [1.807, 2.05) is 7.05 Å². The van der Waals surface area contributed by atoms with Gasteiger partial charge in [0, 0.05) is 25.8 Å². The molecule has 1 fully saturated rings. The zero-order valence-corrected chi connectivity index (χ0v) is 9.43. The van der Waals surface area contributed by atoms with Crippen LogP contribution in [0.2, 0.25) is 0 Å². The van der Waals surface area contributed by atoms with E-state index in [1.165, 1.54) is 0 Å². The van der Waals surface area contributed by atoms with Gasteiger partial charge in [-0.1, -0.05) is 11.8 Å². The minimum absolute atomic E-state index is 0.427. The van der Waals surface area contributed by atoms with Gasteiger partial charge in [0.25, 0.3) is 0 Å². The fourth-order valence-electron chi connectivity index (χ4n) is 0.878. The largest absolute Gasteiger partial charge is 0.368 e. The number of hydrogen-bond donors (Lipinski definition) is 1. The molecule has 0 bridgehead atoms. The summed E-state index contributed by atoms with van der Waals surface area (Å²) in [5.41, 5.74) is 0. The Balaban J connectivity index is 2.19. The van der Waals surface area contributed by atoms with Crippen LogP contribution >= 0.6 is 35.0 Å². The monoisotopic (exact) mass is 226 g/mol. The van der Waals surface area contributed by atoms with E-state index in [4.69, 9.17) is 23.2 Å². The van der Waals surface area contributed by atoms with E-state index >= 15 is 0 Å². The molecule has 1 aliphatic carbocycles. The summed E-state index contributed by atoms with van der Waals surface area (Å²) in [6, 6.07) is 0. The van der Waals surface area contributed by atoms with Crippen molar-refractivity contribution in [2.45, 2.75) is 10.8 Å². The highest BCUT2D eigenvalue weighted by atomic mass is 35.5. The molecule has 0 heterocycles. The highest BCUT2D eigenvalue weighted by Crippen LogP contribution is 2.54. The average molecular weight is 227 g/mol. The van der Waals surface area contributed by atoms with Crippen LogP contribution < -0.4 is 5.32 Å². The lowest BCUT2D eigenvalue weighted by Gasteiger charge is -2.03. The summed E-state index contributed by atoms with van der Waals surface area (Å²) in [5.74, 6) is 1.37. The molecule has 70 valence electrons. The number of thioether (sulfide) groups is 1. The lowest BCUT2D eigenvalue weighted by Crippen LogP contribution is -2.15. The fraction of sp³-hybridized carbons (Fsp3) is 0.857. The van der Waals surface area contributed by atoms with Gasteiger partial charge in [-0.15, -0.1) is 23.2 Å². The van der Waals surface area contributed by atoms with Crippen LogP contribution in [0.15, 0.2) is 4.99 Å². The topological polar surface area (TPSA) is 24.4 Å². The third-order valence-electron chi connectivity index (χ3n) is 1.79. The lowest BCUT2D eigenvalue weighted by atomic mass is 10.5. The van der Waals surface area contributed by atoms with E-state index in [2.05, 4.69) is 10.3 Å². The third kappa shape index (κ3) is 2.71. The molecule has 1 saturated carbocycles. The summed E-state index contributed by atoms with van der Waals surface area (Å²) in [4.78, 5) is 4.04. The van der Waals surface area contributed by atoms with Crippen LogP contribution in [0.4, 0.5) is 0 Å². The minimum atomic E-state index is -0.459. The van der Waals surface area contributed by atoms with E-state index in [0.717, 1.165) is 17.3 Å². The van der Waals surface area contributed by atoms with Gasteiger partial charge in [-0.2, -0.15) is 0 Å². The van der Waals surface area contributed by atoms with Gasteiger partial charge in [-0.25, -0.2) is 0 Å². The smallest absolute Gasteiger partial charge is 0.156 e. The number of nitrogens with zero attached hydrogens (tertiary/aromatic N) is 1. The molecule has 12 heavy (non-hydrogen) atoms. The molecule has 1 N–H and O–H groups in total. The standard InChI is InChI=1S/C7H12Cl2N2S/c1-10-6(11-2)12-4-5-3-7(5,8)9/h5H,3-4H2,1-2H3,(H,10,11). The molecule has 0 aromatic carbocycles. The molecule has 0 aromatic heterocycles. The summed E-state index contributed by atoms with van der Waals surface area (Å²) in [6.45, 7) is 0. The van der Waals surface area contributed by atoms with Crippen molar-refractivity contribution in [3.63, 3.8) is 0 Å². The Morgan fingerprint density at radius 1 is 1.75 bits per heavy atom. The van der Waals surface area contributed by atoms with E-state index < -0.39 is 4.33 Å². The first kappa shape index (κ1) is 10.5. The molecule has 0 aliphatic heterocycles. The number of rotatable bonds is 2. The minimum Gasteiger partial charge on any atom is -0.368 e. The first-order valence-electron chi connectivity index (χ1n) is 3.75. The Kier molecular flexibility index (Phi) is 3.56. The van der Waals surface area contributed by atoms with E-state index in [-0.39, 0.29) is 0 Å². The second-order valence-electron chi connectivity index (χ2n) is 2.75. The van der Waals surface area contributed by atoms with Crippen molar-refractivity contribution in [2.75, 3.05) is 19.8 Å². The van der Waals surface area contributed by atoms with Crippen molar-refractivity contribution in [1.82, 2.24) is 5.32 Å². The van der Waals surface area contributed by atoms with Crippen molar-refractivity contribution < 1.29 is 0 Å². The van der Waals surface area contributed by atoms with Gasteiger partial charge < -0.3 is 5.32 Å². The molecule has 2 nitrogen and oxygen atoms in total. The van der Waals surface area contributed by atoms with Crippen LogP contribution in [-0.4, -0.2) is 29.3 Å². The Hall–Kier alpha value is 0.400. The van der Waals surface area contributed by atoms with Crippen molar-refractivity contribution in [1.29, 1.82) is 0 Å². The van der Waals surface area contributed by atoms with Crippen molar-refractivity contribution >= 4 is 40.1 Å². The number of hydrogen-bond acceptors (Lipinski definition) is 2. The number of nitrogens with one attached hydrogen (secondary N) is 1. The van der Waals surface area contributed by atoms with Crippen LogP contribution in [0.1, 0.15) is 6.42 Å². The molecule has 1 rings (SSSR count). The highest BCUT2D eigenvalue weighted by Gasteiger charge is 2.51. The van der Waals surface area contributed by atoms with Crippen molar-refractivity contribution in [2.24, 2.45) is 10.9 Å². The summed E-state index contributed by atoms with van der Waals surface area (Å²) in [5, 5.41) is 3.93. The first-order valence-corrected chi connectivity index (χ1v) is 5.49. The van der Waals surface area contributed by atoms with Gasteiger partial charge in [0.15, 0.2) is 5.17 Å². The normalized spacial score (nSPS) is 27.0. The molecule has 0 amide bonds. The maximum Gasteiger partial charge on any atom is 0.156 e. The molecule has 1 atom stereocenters. The van der Waals surface area contributed by atoms with Crippen molar-refractivity contribution in [3.05, 3.63) is 0 Å². The van der Waals surface area contributed by atoms with Gasteiger partial charge in [-0.05, 0) is 6.42 Å². The second kappa shape index (κ2) is 4.07. The predicted molar refractivity (Wildman–Crippen MR) is 57.4 cm³/mol. The van der Waals surface area contributed by atoms with Crippen molar-refractivity contribution in [3.8, 4) is 0 Å². The van der Waals surface area contributed by atoms with Crippen LogP contribution in [0.5, 0.6) is 0 Å². The maximum atomic E-state index is 5.87. The maximum absolute atomic E-state index is 5.87. The van der Waals surface area contributed by atoms with E-state index in [9.17, 15) is 0 Å². The molecular formula is C7H12Cl2N2S. The van der Waals surface area contributed by atoms with Crippen LogP contribution in [0.3, 0.4) is 0 Å². The fourth-order valence-corrected chi connectivity index (χ4v) is 2.62. The van der Waals surface area contributed by atoms with Gasteiger partial charge in [0.05, 0.1) is 0 Å². The lowest BCUT2D eigenvalue weighted by molar-refractivity contribution is 0.982. The SMILES string of the molecule is CN=C(NC)SCC1CC1(Cl)Cl. The summed E-state index contributed by atoms with van der Waals surface area (Å²) in [6.07, 6.45) is 0.907. The molecule has 5 heteroatoms. The molecule has 1 aliphatic rings. The third-order valence-corrected chi connectivity index (χ3v) is 3.95. The Morgan fingerprint density at radius 2 is 2.33 bits per heavy atom. The van der Waals surface area contributed by atoms with Crippen LogP contribution in [0.25, 0.3) is 0 Å². The Morgan fingerprint density at radius 3 is 2.67 bits per heavy atom. The zero-order chi connectivity index (χ0) is 9.19. The quantitative estimate of drug-likeness (QED) is 0.444. The first-order chi connectivity index (χ1) is 5.60. The summed E-state index contributed by atoms with van der Waals surface area (Å²) < 4.78 is -0.459. The molecule has 0 radical (unpaired) electrons. The van der Waals surface area contributed by atoms with E-state index in [0.29, 0.717) is 5.92 Å². The molecule has 1 unspecified atom stereocenters. The summed E-state index contributed by atoms with van der Waals surface area (Å²) in [7, 11) is 3.62. The van der Waals surface area contributed by atoms with Gasteiger partial charge in [0.2, 0.25) is 0 Å². The predicted octanol–water partition coefficient (Wildman–Crippen LogP) is 2.12. The molecule has 0 spiro atoms. The molecular weight excluding hydrogens is 215 g/mol. The number of halogens is 2. The van der Waals surface area contributed by atoms with Crippen LogP contribution in [-0.2, 0) is 0 Å². The van der Waals surface area contributed by atoms with E-state index in [1.54, 1.807) is 18.8 Å². The number of amidine groups is 1. The van der Waals surface area contributed by atoms with Crippen LogP contribution in [0, 0.1) is 5.92 Å². The number of alkyl halides is 2. The van der Waals surface area contributed by atoms with Gasteiger partial charge >= 0.3 is 0 Å². The molecule has 0 saturated heterocycles. The Bertz CT molecular complexity index is 194. The number of aliphatic imine (C=N–C) groups is 1. The Labute approximate surface area is 87.1 Å². The summed E-state index contributed by atoms with van der Waals surface area (Å²) >= 11 is 13.4. The zero-order valence-electron chi connectivity index (χ0n) is 7.10. The van der Waals surface area contributed by atoms with Gasteiger partial charge in [0.1, 0.15) is 4.33 Å². The van der Waals surface area contributed by atoms with Gasteiger partial charge in [-0.3, -0.25) is 4.99 Å². The highest BCUT2D eigenvalue weighted by molar-refractivity contribution is 8.13. The molecule has 0 aromatic rings. The second-order valence-corrected chi connectivity index (χ2v) is 5.30.